The van der Waals surface area contributed by atoms with Crippen LogP contribution in [0.25, 0.3) is 0 Å². The Hall–Kier alpha value is -2.30. The molecule has 5 heteroatoms. The number of unbranched alkanes of at least 4 members (excludes halogenated alkanes) is 4. The molecule has 28 heavy (non-hydrogen) atoms. The van der Waals surface area contributed by atoms with Crippen molar-refractivity contribution in [3.63, 3.8) is 0 Å². The van der Waals surface area contributed by atoms with Crippen LogP contribution in [-0.2, 0) is 12.8 Å². The first kappa shape index (κ1) is 22.0. The van der Waals surface area contributed by atoms with Crippen LogP contribution < -0.4 is 4.74 Å². The van der Waals surface area contributed by atoms with Gasteiger partial charge in [0, 0.05) is 0 Å². The van der Waals surface area contributed by atoms with Gasteiger partial charge < -0.3 is 4.74 Å². The number of carbonyl (C=O) groups is 1. The van der Waals surface area contributed by atoms with Crippen molar-refractivity contribution in [2.75, 3.05) is 0 Å². The Morgan fingerprint density at radius 2 is 1.54 bits per heavy atom. The Morgan fingerprint density at radius 1 is 0.857 bits per heavy atom. The first-order chi connectivity index (χ1) is 13.5. The average Bonchev–Trinajstić information content (AvgIpc) is 2.67. The first-order valence-corrected chi connectivity index (χ1v) is 9.95. The van der Waals surface area contributed by atoms with Crippen molar-refractivity contribution in [3.05, 3.63) is 64.5 Å². The van der Waals surface area contributed by atoms with Gasteiger partial charge in [-0.2, -0.15) is 4.39 Å². The normalized spacial score (nSPS) is 10.9. The summed E-state index contributed by atoms with van der Waals surface area (Å²) < 4.78 is 47.6. The molecule has 0 aromatic heterocycles. The van der Waals surface area contributed by atoms with E-state index in [9.17, 15) is 18.0 Å². The van der Waals surface area contributed by atoms with Crippen LogP contribution in [0.3, 0.4) is 0 Å². The Kier molecular flexibility index (Phi) is 8.55. The van der Waals surface area contributed by atoms with E-state index in [1.54, 1.807) is 6.07 Å². The topological polar surface area (TPSA) is 26.3 Å². The maximum atomic E-state index is 14.3. The summed E-state index contributed by atoms with van der Waals surface area (Å²) in [4.78, 5) is 12.2. The molecule has 0 aliphatic rings. The molecular formula is C23H27F3O2. The molecule has 2 aromatic carbocycles. The minimum Gasteiger partial charge on any atom is -0.420 e. The zero-order chi connectivity index (χ0) is 20.5. The smallest absolute Gasteiger partial charge is 0.346 e. The van der Waals surface area contributed by atoms with Gasteiger partial charge in [-0.05, 0) is 55.0 Å². The maximum Gasteiger partial charge on any atom is 0.346 e. The molecule has 0 N–H and O–H groups in total. The summed E-state index contributed by atoms with van der Waals surface area (Å²) in [7, 11) is 0. The summed E-state index contributed by atoms with van der Waals surface area (Å²) in [6.07, 6.45) is 6.83. The fourth-order valence-corrected chi connectivity index (χ4v) is 3.02. The van der Waals surface area contributed by atoms with E-state index >= 15 is 0 Å². The monoisotopic (exact) mass is 392 g/mol. The molecule has 2 rings (SSSR count). The molecule has 0 saturated carbocycles. The molecule has 0 bridgehead atoms. The van der Waals surface area contributed by atoms with Crippen LogP contribution in [0.2, 0.25) is 0 Å². The number of rotatable bonds is 10. The highest BCUT2D eigenvalue weighted by Gasteiger charge is 2.20. The second-order valence-corrected chi connectivity index (χ2v) is 6.97. The highest BCUT2D eigenvalue weighted by molar-refractivity contribution is 5.91. The molecule has 2 aromatic rings. The molecule has 0 aliphatic carbocycles. The molecule has 0 fully saturated rings. The van der Waals surface area contributed by atoms with Gasteiger partial charge in [0.25, 0.3) is 0 Å². The standard InChI is InChI=1S/C23H27F3O2/c1-3-5-7-9-16-11-13-18(19(24)15-16)23(27)28-20-14-12-17(10-8-6-4-2)21(25)22(20)26/h11-15H,3-10H2,1-2H3. The highest BCUT2D eigenvalue weighted by atomic mass is 19.2. The van der Waals surface area contributed by atoms with Gasteiger partial charge in [0.2, 0.25) is 5.82 Å². The van der Waals surface area contributed by atoms with Gasteiger partial charge in [-0.1, -0.05) is 51.7 Å². The lowest BCUT2D eigenvalue weighted by Crippen LogP contribution is -2.13. The summed E-state index contributed by atoms with van der Waals surface area (Å²) in [6, 6.07) is 6.90. The van der Waals surface area contributed by atoms with E-state index in [1.165, 1.54) is 24.3 Å². The number of esters is 1. The highest BCUT2D eigenvalue weighted by Crippen LogP contribution is 2.25. The Labute approximate surface area is 164 Å². The van der Waals surface area contributed by atoms with Gasteiger partial charge in [0.1, 0.15) is 5.82 Å². The zero-order valence-electron chi connectivity index (χ0n) is 16.5. The van der Waals surface area contributed by atoms with E-state index < -0.39 is 29.2 Å². The second-order valence-electron chi connectivity index (χ2n) is 6.97. The molecule has 0 radical (unpaired) electrons. The first-order valence-electron chi connectivity index (χ1n) is 9.95. The summed E-state index contributed by atoms with van der Waals surface area (Å²) in [5, 5.41) is 0. The van der Waals surface area contributed by atoms with Gasteiger partial charge in [-0.3, -0.25) is 0 Å². The minimum absolute atomic E-state index is 0.244. The van der Waals surface area contributed by atoms with Crippen LogP contribution in [0.4, 0.5) is 13.2 Å². The lowest BCUT2D eigenvalue weighted by atomic mass is 10.0. The minimum atomic E-state index is -1.22. The SMILES string of the molecule is CCCCCc1ccc(C(=O)Oc2ccc(CCCCC)c(F)c2F)c(F)c1. The molecule has 152 valence electrons. The zero-order valence-corrected chi connectivity index (χ0v) is 16.5. The van der Waals surface area contributed by atoms with E-state index in [-0.39, 0.29) is 11.1 Å². The molecule has 2 nitrogen and oxygen atoms in total. The van der Waals surface area contributed by atoms with Crippen LogP contribution >= 0.6 is 0 Å². The molecule has 0 amide bonds. The van der Waals surface area contributed by atoms with Crippen molar-refractivity contribution in [1.29, 1.82) is 0 Å². The molecule has 0 aliphatic heterocycles. The van der Waals surface area contributed by atoms with Crippen LogP contribution in [0.5, 0.6) is 5.75 Å². The molecule has 0 unspecified atom stereocenters. The Bertz CT molecular complexity index is 803. The van der Waals surface area contributed by atoms with Crippen molar-refractivity contribution >= 4 is 5.97 Å². The van der Waals surface area contributed by atoms with Gasteiger partial charge >= 0.3 is 5.97 Å². The molecule has 0 spiro atoms. The number of carbonyl (C=O) groups excluding carboxylic acids is 1. The van der Waals surface area contributed by atoms with E-state index in [2.05, 4.69) is 6.92 Å². The van der Waals surface area contributed by atoms with Gasteiger partial charge in [0.05, 0.1) is 5.56 Å². The quantitative estimate of drug-likeness (QED) is 0.253. The largest absolute Gasteiger partial charge is 0.420 e. The average molecular weight is 392 g/mol. The van der Waals surface area contributed by atoms with Gasteiger partial charge in [-0.25, -0.2) is 13.6 Å². The molecule has 0 saturated heterocycles. The van der Waals surface area contributed by atoms with Crippen LogP contribution in [0.1, 0.15) is 73.9 Å². The van der Waals surface area contributed by atoms with Crippen LogP contribution in [0.15, 0.2) is 30.3 Å². The van der Waals surface area contributed by atoms with Crippen molar-refractivity contribution in [2.45, 2.75) is 65.2 Å². The van der Waals surface area contributed by atoms with Gasteiger partial charge in [-0.15, -0.1) is 0 Å². The number of hydrogen-bond acceptors (Lipinski definition) is 2. The predicted octanol–water partition coefficient (Wildman–Crippen LogP) is 6.79. The van der Waals surface area contributed by atoms with Crippen LogP contribution in [-0.4, -0.2) is 5.97 Å². The third-order valence-corrected chi connectivity index (χ3v) is 4.70. The van der Waals surface area contributed by atoms with E-state index in [0.717, 1.165) is 50.5 Å². The fraction of sp³-hybridized carbons (Fsp3) is 0.435. The number of hydrogen-bond donors (Lipinski definition) is 0. The Morgan fingerprint density at radius 3 is 2.18 bits per heavy atom. The molecule has 0 heterocycles. The number of halogens is 3. The maximum absolute atomic E-state index is 14.3. The van der Waals surface area contributed by atoms with Crippen molar-refractivity contribution < 1.29 is 22.7 Å². The Balaban J connectivity index is 2.09. The molecule has 0 atom stereocenters. The third kappa shape index (κ3) is 5.85. The number of benzene rings is 2. The molecular weight excluding hydrogens is 365 g/mol. The lowest BCUT2D eigenvalue weighted by molar-refractivity contribution is 0.0721. The van der Waals surface area contributed by atoms with Crippen LogP contribution in [0, 0.1) is 17.5 Å². The number of aryl methyl sites for hydroxylation is 2. The van der Waals surface area contributed by atoms with Crippen molar-refractivity contribution in [2.24, 2.45) is 0 Å². The summed E-state index contributed by atoms with van der Waals surface area (Å²) in [5.41, 5.74) is 0.732. The summed E-state index contributed by atoms with van der Waals surface area (Å²) in [6.45, 7) is 4.11. The lowest BCUT2D eigenvalue weighted by Gasteiger charge is -2.10. The predicted molar refractivity (Wildman–Crippen MR) is 104 cm³/mol. The van der Waals surface area contributed by atoms with Crippen molar-refractivity contribution in [3.8, 4) is 5.75 Å². The van der Waals surface area contributed by atoms with E-state index in [4.69, 9.17) is 4.74 Å². The summed E-state index contributed by atoms with van der Waals surface area (Å²) in [5.74, 6) is -4.55. The van der Waals surface area contributed by atoms with E-state index in [0.29, 0.717) is 6.42 Å². The van der Waals surface area contributed by atoms with E-state index in [1.807, 2.05) is 6.92 Å². The number of ether oxygens (including phenoxy) is 1. The summed E-state index contributed by atoms with van der Waals surface area (Å²) >= 11 is 0. The third-order valence-electron chi connectivity index (χ3n) is 4.70. The fourth-order valence-electron chi connectivity index (χ4n) is 3.02. The van der Waals surface area contributed by atoms with Gasteiger partial charge in [0.15, 0.2) is 11.6 Å². The second kappa shape index (κ2) is 10.9. The van der Waals surface area contributed by atoms with Crippen molar-refractivity contribution in [1.82, 2.24) is 0 Å².